The fraction of sp³-hybridized carbons (Fsp3) is 0.214. The quantitative estimate of drug-likeness (QED) is 0.768. The molecule has 0 amide bonds. The van der Waals surface area contributed by atoms with Crippen molar-refractivity contribution in [2.45, 2.75) is 6.92 Å². The molecular formula is C14H11BrFNO5. The number of benzene rings is 1. The van der Waals surface area contributed by atoms with E-state index in [1.807, 2.05) is 0 Å². The van der Waals surface area contributed by atoms with Crippen molar-refractivity contribution in [2.24, 2.45) is 0 Å². The number of aromatic nitrogens is 1. The van der Waals surface area contributed by atoms with Crippen molar-refractivity contribution in [3.05, 3.63) is 44.6 Å². The second kappa shape index (κ2) is 6.69. The van der Waals surface area contributed by atoms with Crippen LogP contribution < -0.4 is 10.4 Å². The molecule has 0 fully saturated rings. The van der Waals surface area contributed by atoms with Crippen LogP contribution in [0, 0.1) is 5.82 Å². The third-order valence-electron chi connectivity index (χ3n) is 2.73. The maximum atomic E-state index is 14.2. The fourth-order valence-corrected chi connectivity index (χ4v) is 2.20. The Bertz CT molecular complexity index is 774. The van der Waals surface area contributed by atoms with Crippen molar-refractivity contribution in [1.82, 2.24) is 5.16 Å². The van der Waals surface area contributed by atoms with Crippen molar-refractivity contribution in [3.63, 3.8) is 0 Å². The summed E-state index contributed by atoms with van der Waals surface area (Å²) in [6.45, 7) is 1.76. The molecule has 116 valence electrons. The number of nitrogens with zero attached hydrogens (tertiary/aromatic N) is 1. The topological polar surface area (TPSA) is 78.6 Å². The summed E-state index contributed by atoms with van der Waals surface area (Å²) in [5, 5.41) is 3.42. The second-order valence-electron chi connectivity index (χ2n) is 4.07. The summed E-state index contributed by atoms with van der Waals surface area (Å²) >= 11 is 3.21. The molecule has 0 aliphatic carbocycles. The molecular weight excluding hydrogens is 361 g/mol. The van der Waals surface area contributed by atoms with E-state index in [4.69, 9.17) is 4.74 Å². The Morgan fingerprint density at radius 1 is 1.45 bits per heavy atom. The van der Waals surface area contributed by atoms with Crippen molar-refractivity contribution in [3.8, 4) is 16.9 Å². The molecule has 6 nitrogen and oxygen atoms in total. The molecule has 0 N–H and O–H groups in total. The van der Waals surface area contributed by atoms with Crippen LogP contribution >= 0.6 is 15.9 Å². The number of ether oxygens (including phenoxy) is 2. The summed E-state index contributed by atoms with van der Waals surface area (Å²) in [5.74, 6) is -1.82. The van der Waals surface area contributed by atoms with Gasteiger partial charge in [0, 0.05) is 10.0 Å². The molecule has 1 heterocycles. The molecule has 0 spiro atoms. The van der Waals surface area contributed by atoms with Crippen LogP contribution in [0.3, 0.4) is 0 Å². The first-order valence-corrected chi connectivity index (χ1v) is 6.99. The van der Waals surface area contributed by atoms with E-state index in [0.717, 1.165) is 7.11 Å². The normalized spacial score (nSPS) is 10.4. The highest BCUT2D eigenvalue weighted by molar-refractivity contribution is 9.10. The zero-order valence-corrected chi connectivity index (χ0v) is 13.3. The lowest BCUT2D eigenvalue weighted by molar-refractivity contribution is 0.0583. The molecule has 0 saturated carbocycles. The minimum atomic E-state index is -0.913. The fourth-order valence-electron chi connectivity index (χ4n) is 1.83. The number of rotatable bonds is 4. The van der Waals surface area contributed by atoms with Crippen molar-refractivity contribution < 1.29 is 23.2 Å². The number of hydrogen-bond donors (Lipinski definition) is 0. The van der Waals surface area contributed by atoms with Gasteiger partial charge in [0.15, 0.2) is 5.69 Å². The van der Waals surface area contributed by atoms with Gasteiger partial charge >= 0.3 is 11.6 Å². The zero-order chi connectivity index (χ0) is 16.3. The van der Waals surface area contributed by atoms with Crippen LogP contribution in [-0.4, -0.2) is 24.8 Å². The number of halogens is 2. The Morgan fingerprint density at radius 2 is 2.18 bits per heavy atom. The first kappa shape index (κ1) is 16.2. The first-order chi connectivity index (χ1) is 10.5. The van der Waals surface area contributed by atoms with E-state index >= 15 is 0 Å². The Morgan fingerprint density at radius 3 is 2.82 bits per heavy atom. The Balaban J connectivity index is 2.85. The number of methoxy groups -OCH3 is 1. The standard InChI is InChI=1S/C14H11BrFNO5/c1-3-21-12-10(8-6-7(15)4-5-9(8)16)11(13(18)20-2)17-22-14(12)19/h4-6H,3H2,1-2H3. The van der Waals surface area contributed by atoms with Gasteiger partial charge in [-0.3, -0.25) is 0 Å². The zero-order valence-electron chi connectivity index (χ0n) is 11.7. The minimum Gasteiger partial charge on any atom is -0.486 e. The number of carbonyl (C=O) groups excluding carboxylic acids is 1. The summed E-state index contributed by atoms with van der Waals surface area (Å²) in [5.41, 5.74) is -1.39. The molecule has 0 bridgehead atoms. The highest BCUT2D eigenvalue weighted by Crippen LogP contribution is 2.34. The molecule has 0 atom stereocenters. The van der Waals surface area contributed by atoms with Gasteiger partial charge in [0.25, 0.3) is 0 Å². The van der Waals surface area contributed by atoms with Gasteiger partial charge in [-0.05, 0) is 25.1 Å². The van der Waals surface area contributed by atoms with E-state index in [0.29, 0.717) is 4.47 Å². The van der Waals surface area contributed by atoms with E-state index in [1.165, 1.54) is 18.2 Å². The highest BCUT2D eigenvalue weighted by Gasteiger charge is 2.26. The smallest absolute Gasteiger partial charge is 0.400 e. The summed E-state index contributed by atoms with van der Waals surface area (Å²) in [4.78, 5) is 23.7. The van der Waals surface area contributed by atoms with E-state index in [1.54, 1.807) is 6.92 Å². The summed E-state index contributed by atoms with van der Waals surface area (Å²) < 4.78 is 29.1. The predicted octanol–water partition coefficient (Wildman–Crippen LogP) is 2.79. The van der Waals surface area contributed by atoms with Crippen molar-refractivity contribution in [1.29, 1.82) is 0 Å². The average Bonchev–Trinajstić information content (AvgIpc) is 2.51. The maximum Gasteiger partial charge on any atom is 0.400 e. The summed E-state index contributed by atoms with van der Waals surface area (Å²) in [7, 11) is 1.14. The summed E-state index contributed by atoms with van der Waals surface area (Å²) in [6, 6.07) is 4.07. The van der Waals surface area contributed by atoms with Crippen LogP contribution in [-0.2, 0) is 4.74 Å². The first-order valence-electron chi connectivity index (χ1n) is 6.20. The number of carbonyl (C=O) groups is 1. The van der Waals surface area contributed by atoms with Gasteiger partial charge in [0.1, 0.15) is 5.82 Å². The highest BCUT2D eigenvalue weighted by atomic mass is 79.9. The molecule has 0 aliphatic rings. The van der Waals surface area contributed by atoms with Crippen LogP contribution in [0.2, 0.25) is 0 Å². The predicted molar refractivity (Wildman–Crippen MR) is 78.4 cm³/mol. The molecule has 0 radical (unpaired) electrons. The lowest BCUT2D eigenvalue weighted by atomic mass is 10.0. The van der Waals surface area contributed by atoms with Gasteiger partial charge < -0.3 is 14.0 Å². The van der Waals surface area contributed by atoms with Crippen LogP contribution in [0.4, 0.5) is 4.39 Å². The van der Waals surface area contributed by atoms with Gasteiger partial charge in [0.2, 0.25) is 5.75 Å². The Kier molecular flexibility index (Phi) is 4.92. The number of hydrogen-bond acceptors (Lipinski definition) is 6. The van der Waals surface area contributed by atoms with Crippen LogP contribution in [0.25, 0.3) is 11.1 Å². The monoisotopic (exact) mass is 371 g/mol. The third kappa shape index (κ3) is 3.01. The van der Waals surface area contributed by atoms with Gasteiger partial charge in [0.05, 0.1) is 19.3 Å². The molecule has 0 aliphatic heterocycles. The molecule has 2 rings (SSSR count). The molecule has 0 saturated heterocycles. The van der Waals surface area contributed by atoms with E-state index in [9.17, 15) is 14.0 Å². The summed E-state index contributed by atoms with van der Waals surface area (Å²) in [6.07, 6.45) is 0. The van der Waals surface area contributed by atoms with Crippen molar-refractivity contribution >= 4 is 21.9 Å². The number of esters is 1. The molecule has 22 heavy (non-hydrogen) atoms. The van der Waals surface area contributed by atoms with Crippen LogP contribution in [0.1, 0.15) is 17.4 Å². The SMILES string of the molecule is CCOc1c(-c2cc(Br)ccc2F)c(C(=O)OC)noc1=O. The Labute approximate surface area is 133 Å². The van der Waals surface area contributed by atoms with Crippen LogP contribution in [0.15, 0.2) is 32.0 Å². The van der Waals surface area contributed by atoms with Crippen LogP contribution in [0.5, 0.6) is 5.75 Å². The maximum absolute atomic E-state index is 14.2. The molecule has 1 aromatic heterocycles. The van der Waals surface area contributed by atoms with E-state index in [-0.39, 0.29) is 29.2 Å². The van der Waals surface area contributed by atoms with E-state index in [2.05, 4.69) is 30.3 Å². The van der Waals surface area contributed by atoms with Gasteiger partial charge in [-0.2, -0.15) is 0 Å². The molecule has 2 aromatic rings. The average molecular weight is 372 g/mol. The van der Waals surface area contributed by atoms with Crippen molar-refractivity contribution in [2.75, 3.05) is 13.7 Å². The molecule has 0 unspecified atom stereocenters. The minimum absolute atomic E-state index is 0.0291. The van der Waals surface area contributed by atoms with Gasteiger partial charge in [-0.25, -0.2) is 14.0 Å². The third-order valence-corrected chi connectivity index (χ3v) is 3.23. The molecule has 1 aromatic carbocycles. The largest absolute Gasteiger partial charge is 0.486 e. The molecule has 8 heteroatoms. The lowest BCUT2D eigenvalue weighted by Gasteiger charge is -2.12. The second-order valence-corrected chi connectivity index (χ2v) is 4.99. The van der Waals surface area contributed by atoms with E-state index < -0.39 is 17.4 Å². The van der Waals surface area contributed by atoms with Gasteiger partial charge in [-0.1, -0.05) is 21.1 Å². The Hall–Kier alpha value is -2.22. The van der Waals surface area contributed by atoms with Gasteiger partial charge in [-0.15, -0.1) is 0 Å². The lowest BCUT2D eigenvalue weighted by Crippen LogP contribution is -2.16.